The Bertz CT molecular complexity index is 413. The van der Waals surface area contributed by atoms with Crippen molar-refractivity contribution < 1.29 is 5.11 Å². The van der Waals surface area contributed by atoms with Gasteiger partial charge in [0.15, 0.2) is 0 Å². The maximum Gasteiger partial charge on any atom is 0.101 e. The van der Waals surface area contributed by atoms with E-state index in [4.69, 9.17) is 0 Å². The predicted molar refractivity (Wildman–Crippen MR) is 64.0 cm³/mol. The summed E-state index contributed by atoms with van der Waals surface area (Å²) in [6, 6.07) is 2.33. The Morgan fingerprint density at radius 3 is 2.88 bits per heavy atom. The molecule has 4 heteroatoms. The van der Waals surface area contributed by atoms with Gasteiger partial charge in [0.2, 0.25) is 0 Å². The van der Waals surface area contributed by atoms with E-state index in [2.05, 4.69) is 18.1 Å². The largest absolute Gasteiger partial charge is 0.387 e. The smallest absolute Gasteiger partial charge is 0.101 e. The van der Waals surface area contributed by atoms with Gasteiger partial charge in [-0.2, -0.15) is 10.4 Å². The number of hydrogen-bond donors (Lipinski definition) is 1. The minimum atomic E-state index is -0.694. The summed E-state index contributed by atoms with van der Waals surface area (Å²) in [6.45, 7) is 2.94. The highest BCUT2D eigenvalue weighted by Crippen LogP contribution is 2.46. The number of aliphatic hydroxyl groups excluding tert-OH is 1. The van der Waals surface area contributed by atoms with Gasteiger partial charge >= 0.3 is 0 Å². The molecule has 1 unspecified atom stereocenters. The van der Waals surface area contributed by atoms with Crippen molar-refractivity contribution in [1.82, 2.24) is 9.78 Å². The maximum absolute atomic E-state index is 10.4. The summed E-state index contributed by atoms with van der Waals surface area (Å²) in [5, 5.41) is 23.9. The van der Waals surface area contributed by atoms with Crippen LogP contribution in [0.1, 0.15) is 50.7 Å². The normalized spacial score (nSPS) is 20.1. The van der Waals surface area contributed by atoms with Gasteiger partial charge in [0, 0.05) is 18.3 Å². The van der Waals surface area contributed by atoms with Crippen LogP contribution in [0.15, 0.2) is 12.4 Å². The number of nitrogens with zero attached hydrogens (tertiary/aromatic N) is 3. The molecule has 0 aliphatic heterocycles. The topological polar surface area (TPSA) is 61.8 Å². The van der Waals surface area contributed by atoms with Crippen molar-refractivity contribution in [3.63, 3.8) is 0 Å². The first-order valence-corrected chi connectivity index (χ1v) is 6.33. The van der Waals surface area contributed by atoms with Crippen molar-refractivity contribution in [3.8, 4) is 6.07 Å². The lowest BCUT2D eigenvalue weighted by atomic mass is 9.79. The summed E-state index contributed by atoms with van der Waals surface area (Å²) >= 11 is 0. The maximum atomic E-state index is 10.4. The Morgan fingerprint density at radius 2 is 2.29 bits per heavy atom. The van der Waals surface area contributed by atoms with E-state index in [9.17, 15) is 10.4 Å². The van der Waals surface area contributed by atoms with E-state index in [1.54, 1.807) is 6.20 Å². The summed E-state index contributed by atoms with van der Waals surface area (Å²) in [4.78, 5) is 0. The highest BCUT2D eigenvalue weighted by Gasteiger charge is 2.42. The van der Waals surface area contributed by atoms with Crippen molar-refractivity contribution in [3.05, 3.63) is 18.0 Å². The molecule has 17 heavy (non-hydrogen) atoms. The second kappa shape index (κ2) is 4.89. The van der Waals surface area contributed by atoms with E-state index >= 15 is 0 Å². The minimum Gasteiger partial charge on any atom is -0.387 e. The second-order valence-electron chi connectivity index (χ2n) is 4.91. The second-order valence-corrected chi connectivity index (χ2v) is 4.91. The average Bonchev–Trinajstić information content (AvgIpc) is 2.98. The predicted octanol–water partition coefficient (Wildman–Crippen LogP) is 2.41. The lowest BCUT2D eigenvalue weighted by Crippen LogP contribution is -2.23. The molecule has 2 rings (SSSR count). The van der Waals surface area contributed by atoms with Crippen LogP contribution >= 0.6 is 0 Å². The molecule has 1 heterocycles. The van der Waals surface area contributed by atoms with Gasteiger partial charge in [0.1, 0.15) is 6.10 Å². The quantitative estimate of drug-likeness (QED) is 0.868. The van der Waals surface area contributed by atoms with E-state index < -0.39 is 11.5 Å². The molecule has 0 spiro atoms. The summed E-state index contributed by atoms with van der Waals surface area (Å²) in [6.07, 6.45) is 7.54. The lowest BCUT2D eigenvalue weighted by molar-refractivity contribution is 0.0670. The van der Waals surface area contributed by atoms with Crippen molar-refractivity contribution in [2.75, 3.05) is 0 Å². The monoisotopic (exact) mass is 233 g/mol. The van der Waals surface area contributed by atoms with Crippen LogP contribution in [-0.4, -0.2) is 14.9 Å². The lowest BCUT2D eigenvalue weighted by Gasteiger charge is -2.25. The number of nitriles is 1. The van der Waals surface area contributed by atoms with Crippen LogP contribution in [0.4, 0.5) is 0 Å². The van der Waals surface area contributed by atoms with Gasteiger partial charge in [0.25, 0.3) is 0 Å². The van der Waals surface area contributed by atoms with Crippen LogP contribution in [0, 0.1) is 16.7 Å². The molecule has 1 aliphatic rings. The third-order valence-electron chi connectivity index (χ3n) is 3.66. The fourth-order valence-corrected chi connectivity index (χ4v) is 2.64. The third-order valence-corrected chi connectivity index (χ3v) is 3.66. The molecule has 4 nitrogen and oxygen atoms in total. The summed E-state index contributed by atoms with van der Waals surface area (Å²) in [5.74, 6) is 0. The highest BCUT2D eigenvalue weighted by molar-refractivity contribution is 5.18. The van der Waals surface area contributed by atoms with E-state index in [0.29, 0.717) is 0 Å². The Morgan fingerprint density at radius 1 is 1.59 bits per heavy atom. The first kappa shape index (κ1) is 12.1. The van der Waals surface area contributed by atoms with Crippen molar-refractivity contribution in [1.29, 1.82) is 5.26 Å². The van der Waals surface area contributed by atoms with Crippen LogP contribution in [0.3, 0.4) is 0 Å². The molecule has 1 aromatic rings. The van der Waals surface area contributed by atoms with Crippen molar-refractivity contribution in [2.24, 2.45) is 5.41 Å². The van der Waals surface area contributed by atoms with E-state index in [1.165, 1.54) is 0 Å². The molecular weight excluding hydrogens is 214 g/mol. The Hall–Kier alpha value is -1.34. The SMILES string of the molecule is CCCn1cc(C(O)C2(C#N)CCCC2)cn1. The van der Waals surface area contributed by atoms with Gasteiger partial charge < -0.3 is 5.11 Å². The zero-order valence-corrected chi connectivity index (χ0v) is 10.3. The first-order chi connectivity index (χ1) is 8.22. The Labute approximate surface area is 102 Å². The van der Waals surface area contributed by atoms with Gasteiger partial charge in [-0.25, -0.2) is 0 Å². The minimum absolute atomic E-state index is 0.583. The van der Waals surface area contributed by atoms with Gasteiger partial charge in [-0.3, -0.25) is 4.68 Å². The zero-order valence-electron chi connectivity index (χ0n) is 10.3. The molecule has 1 saturated carbocycles. The zero-order chi connectivity index (χ0) is 12.3. The number of rotatable bonds is 4. The number of aliphatic hydroxyl groups is 1. The molecule has 0 aromatic carbocycles. The van der Waals surface area contributed by atoms with Crippen molar-refractivity contribution >= 4 is 0 Å². The number of aryl methyl sites for hydroxylation is 1. The van der Waals surface area contributed by atoms with E-state index in [1.807, 2.05) is 10.9 Å². The van der Waals surface area contributed by atoms with Gasteiger partial charge in [-0.1, -0.05) is 19.8 Å². The van der Waals surface area contributed by atoms with E-state index in [-0.39, 0.29) is 0 Å². The van der Waals surface area contributed by atoms with Crippen LogP contribution in [-0.2, 0) is 6.54 Å². The van der Waals surface area contributed by atoms with Crippen LogP contribution in [0.5, 0.6) is 0 Å². The molecule has 0 radical (unpaired) electrons. The van der Waals surface area contributed by atoms with Gasteiger partial charge in [0.05, 0.1) is 17.7 Å². The van der Waals surface area contributed by atoms with Crippen LogP contribution < -0.4 is 0 Å². The third kappa shape index (κ3) is 2.20. The highest BCUT2D eigenvalue weighted by atomic mass is 16.3. The Balaban J connectivity index is 2.18. The van der Waals surface area contributed by atoms with E-state index in [0.717, 1.165) is 44.2 Å². The molecule has 0 saturated heterocycles. The molecule has 1 N–H and O–H groups in total. The first-order valence-electron chi connectivity index (χ1n) is 6.33. The molecule has 1 aromatic heterocycles. The summed E-state index contributed by atoms with van der Waals surface area (Å²) in [5.41, 5.74) is 0.196. The summed E-state index contributed by atoms with van der Waals surface area (Å²) in [7, 11) is 0. The molecule has 1 aliphatic carbocycles. The van der Waals surface area contributed by atoms with Gasteiger partial charge in [-0.05, 0) is 19.3 Å². The Kier molecular flexibility index (Phi) is 3.49. The number of hydrogen-bond acceptors (Lipinski definition) is 3. The standard InChI is InChI=1S/C13H19N3O/c1-2-7-16-9-11(8-15-16)12(17)13(10-14)5-3-4-6-13/h8-9,12,17H,2-7H2,1H3. The van der Waals surface area contributed by atoms with Gasteiger partial charge in [-0.15, -0.1) is 0 Å². The fraction of sp³-hybridized carbons (Fsp3) is 0.692. The fourth-order valence-electron chi connectivity index (χ4n) is 2.64. The number of aromatic nitrogens is 2. The molecule has 0 bridgehead atoms. The van der Waals surface area contributed by atoms with Crippen LogP contribution in [0.2, 0.25) is 0 Å². The average molecular weight is 233 g/mol. The van der Waals surface area contributed by atoms with Crippen LogP contribution in [0.25, 0.3) is 0 Å². The molecule has 92 valence electrons. The molecule has 1 atom stereocenters. The molecular formula is C13H19N3O. The summed E-state index contributed by atoms with van der Waals surface area (Å²) < 4.78 is 1.83. The molecule has 0 amide bonds. The molecule has 1 fully saturated rings. The van der Waals surface area contributed by atoms with Crippen molar-refractivity contribution in [2.45, 2.75) is 51.7 Å².